The van der Waals surface area contributed by atoms with Crippen molar-refractivity contribution < 1.29 is 14.9 Å². The zero-order chi connectivity index (χ0) is 16.2. The van der Waals surface area contributed by atoms with Gasteiger partial charge in [0.1, 0.15) is 5.75 Å². The van der Waals surface area contributed by atoms with Gasteiger partial charge < -0.3 is 14.9 Å². The number of aromatic hydroxyl groups is 1. The Bertz CT molecular complexity index is 599. The van der Waals surface area contributed by atoms with E-state index >= 15 is 0 Å². The SMILES string of the molecule is COC[C@@H]1C[C@@H]2C(CC[C@]3(C)[C@@H](O)CC[C@@H]23)c2ccc(O)cc21. The van der Waals surface area contributed by atoms with Crippen LogP contribution in [0.3, 0.4) is 0 Å². The molecular formula is C20H28O3. The second-order valence-corrected chi connectivity index (χ2v) is 8.22. The quantitative estimate of drug-likeness (QED) is 0.872. The number of phenolic OH excluding ortho intramolecular Hbond substituents is 1. The van der Waals surface area contributed by atoms with Crippen LogP contribution in [-0.2, 0) is 4.74 Å². The van der Waals surface area contributed by atoms with Crippen molar-refractivity contribution in [2.24, 2.45) is 17.3 Å². The van der Waals surface area contributed by atoms with Crippen LogP contribution in [0.5, 0.6) is 5.75 Å². The summed E-state index contributed by atoms with van der Waals surface area (Å²) in [5.74, 6) is 2.58. The molecule has 0 bridgehead atoms. The van der Waals surface area contributed by atoms with Crippen molar-refractivity contribution in [3.8, 4) is 5.75 Å². The summed E-state index contributed by atoms with van der Waals surface area (Å²) in [5.41, 5.74) is 2.81. The van der Waals surface area contributed by atoms with E-state index in [4.69, 9.17) is 4.74 Å². The van der Waals surface area contributed by atoms with Crippen LogP contribution >= 0.6 is 0 Å². The summed E-state index contributed by atoms with van der Waals surface area (Å²) < 4.78 is 5.48. The van der Waals surface area contributed by atoms with Gasteiger partial charge in [0.05, 0.1) is 12.7 Å². The van der Waals surface area contributed by atoms with Crippen LogP contribution < -0.4 is 0 Å². The van der Waals surface area contributed by atoms with Gasteiger partial charge in [-0.1, -0.05) is 13.0 Å². The number of phenols is 1. The molecule has 0 aromatic heterocycles. The van der Waals surface area contributed by atoms with Gasteiger partial charge in [-0.2, -0.15) is 0 Å². The maximum absolute atomic E-state index is 10.5. The Kier molecular flexibility index (Phi) is 3.69. The minimum absolute atomic E-state index is 0.104. The number of methoxy groups -OCH3 is 1. The van der Waals surface area contributed by atoms with E-state index in [2.05, 4.69) is 13.0 Å². The Balaban J connectivity index is 1.74. The number of aliphatic hydroxyl groups excluding tert-OH is 1. The Morgan fingerprint density at radius 1 is 1.22 bits per heavy atom. The van der Waals surface area contributed by atoms with Crippen LogP contribution in [0.2, 0.25) is 0 Å². The molecule has 3 nitrogen and oxygen atoms in total. The van der Waals surface area contributed by atoms with E-state index in [9.17, 15) is 10.2 Å². The number of rotatable bonds is 2. The van der Waals surface area contributed by atoms with E-state index in [0.717, 1.165) is 32.1 Å². The van der Waals surface area contributed by atoms with E-state index in [1.807, 2.05) is 12.1 Å². The summed E-state index contributed by atoms with van der Waals surface area (Å²) in [6, 6.07) is 5.92. The second-order valence-electron chi connectivity index (χ2n) is 8.22. The number of hydrogen-bond acceptors (Lipinski definition) is 3. The highest BCUT2D eigenvalue weighted by molar-refractivity contribution is 5.42. The first-order valence-electron chi connectivity index (χ1n) is 9.04. The molecule has 6 atom stereocenters. The van der Waals surface area contributed by atoms with Gasteiger partial charge in [-0.25, -0.2) is 0 Å². The fourth-order valence-corrected chi connectivity index (χ4v) is 6.04. The molecule has 0 spiro atoms. The van der Waals surface area contributed by atoms with E-state index in [1.165, 1.54) is 11.1 Å². The van der Waals surface area contributed by atoms with Gasteiger partial charge in [0.2, 0.25) is 0 Å². The lowest BCUT2D eigenvalue weighted by Crippen LogP contribution is -2.44. The van der Waals surface area contributed by atoms with Gasteiger partial charge in [0.25, 0.3) is 0 Å². The van der Waals surface area contributed by atoms with Crippen LogP contribution in [0.25, 0.3) is 0 Å². The van der Waals surface area contributed by atoms with Crippen molar-refractivity contribution in [1.82, 2.24) is 0 Å². The summed E-state index contributed by atoms with van der Waals surface area (Å²) in [4.78, 5) is 0. The minimum atomic E-state index is -0.129. The Labute approximate surface area is 138 Å². The Hall–Kier alpha value is -1.06. The zero-order valence-corrected chi connectivity index (χ0v) is 14.2. The van der Waals surface area contributed by atoms with Crippen molar-refractivity contribution in [1.29, 1.82) is 0 Å². The molecule has 2 saturated carbocycles. The molecule has 1 aromatic carbocycles. The maximum atomic E-state index is 10.5. The van der Waals surface area contributed by atoms with Crippen LogP contribution in [0.15, 0.2) is 18.2 Å². The van der Waals surface area contributed by atoms with Gasteiger partial charge in [-0.3, -0.25) is 0 Å². The summed E-state index contributed by atoms with van der Waals surface area (Å²) in [6.45, 7) is 3.02. The first-order chi connectivity index (χ1) is 11.0. The molecule has 2 fully saturated rings. The van der Waals surface area contributed by atoms with E-state index in [0.29, 0.717) is 36.0 Å². The average Bonchev–Trinajstić information content (AvgIpc) is 2.83. The van der Waals surface area contributed by atoms with Crippen LogP contribution in [-0.4, -0.2) is 30.0 Å². The summed E-state index contributed by atoms with van der Waals surface area (Å²) >= 11 is 0. The predicted molar refractivity (Wildman–Crippen MR) is 89.6 cm³/mol. The first kappa shape index (κ1) is 15.5. The van der Waals surface area contributed by atoms with E-state index < -0.39 is 0 Å². The number of hydrogen-bond donors (Lipinski definition) is 2. The number of ether oxygens (including phenoxy) is 1. The third kappa shape index (κ3) is 2.24. The fourth-order valence-electron chi connectivity index (χ4n) is 6.04. The van der Waals surface area contributed by atoms with Crippen molar-refractivity contribution in [2.75, 3.05) is 13.7 Å². The lowest BCUT2D eigenvalue weighted by Gasteiger charge is -2.51. The van der Waals surface area contributed by atoms with Crippen molar-refractivity contribution in [2.45, 2.75) is 57.0 Å². The van der Waals surface area contributed by atoms with E-state index in [-0.39, 0.29) is 11.5 Å². The van der Waals surface area contributed by atoms with Crippen molar-refractivity contribution in [3.05, 3.63) is 29.3 Å². The highest BCUT2D eigenvalue weighted by Crippen LogP contribution is 2.62. The second kappa shape index (κ2) is 5.49. The number of benzene rings is 1. The normalized spacial score (nSPS) is 42.0. The molecule has 4 rings (SSSR count). The smallest absolute Gasteiger partial charge is 0.115 e. The van der Waals surface area contributed by atoms with Crippen molar-refractivity contribution >= 4 is 0 Å². The van der Waals surface area contributed by atoms with Gasteiger partial charge in [-0.15, -0.1) is 0 Å². The standard InChI is InChI=1S/C20H28O3/c1-20-8-7-15-14-4-3-13(21)10-16(14)12(11-23-2)9-17(15)18(20)5-6-19(20)22/h3-4,10,12,15,17-19,21-22H,5-9,11H2,1-2H3/t12-,15?,17+,18-,19-,20-/m0/s1. The minimum Gasteiger partial charge on any atom is -0.508 e. The molecular weight excluding hydrogens is 288 g/mol. The fraction of sp³-hybridized carbons (Fsp3) is 0.700. The Morgan fingerprint density at radius 2 is 2.04 bits per heavy atom. The summed E-state index contributed by atoms with van der Waals surface area (Å²) in [7, 11) is 1.76. The summed E-state index contributed by atoms with van der Waals surface area (Å²) in [6.07, 6.45) is 5.40. The summed E-state index contributed by atoms with van der Waals surface area (Å²) in [5, 5.41) is 20.4. The molecule has 0 aliphatic heterocycles. The highest BCUT2D eigenvalue weighted by Gasteiger charge is 2.55. The highest BCUT2D eigenvalue weighted by atomic mass is 16.5. The largest absolute Gasteiger partial charge is 0.508 e. The zero-order valence-electron chi connectivity index (χ0n) is 14.2. The van der Waals surface area contributed by atoms with Crippen LogP contribution in [0, 0.1) is 17.3 Å². The number of fused-ring (bicyclic) bond motifs is 5. The van der Waals surface area contributed by atoms with Gasteiger partial charge in [0, 0.05) is 13.0 Å². The van der Waals surface area contributed by atoms with Gasteiger partial charge in [0.15, 0.2) is 0 Å². The number of aliphatic hydroxyl groups is 1. The molecule has 23 heavy (non-hydrogen) atoms. The monoisotopic (exact) mass is 316 g/mol. The molecule has 3 heteroatoms. The van der Waals surface area contributed by atoms with Gasteiger partial charge in [-0.05, 0) is 78.5 Å². The van der Waals surface area contributed by atoms with Crippen LogP contribution in [0.4, 0.5) is 0 Å². The molecule has 3 aliphatic rings. The predicted octanol–water partition coefficient (Wildman–Crippen LogP) is 3.80. The molecule has 3 aliphatic carbocycles. The molecule has 0 heterocycles. The average molecular weight is 316 g/mol. The molecule has 2 N–H and O–H groups in total. The molecule has 1 aromatic rings. The third-order valence-corrected chi connectivity index (χ3v) is 7.22. The van der Waals surface area contributed by atoms with Gasteiger partial charge >= 0.3 is 0 Å². The molecule has 0 radical (unpaired) electrons. The van der Waals surface area contributed by atoms with Crippen LogP contribution in [0.1, 0.15) is 62.0 Å². The molecule has 1 unspecified atom stereocenters. The third-order valence-electron chi connectivity index (χ3n) is 7.22. The van der Waals surface area contributed by atoms with Crippen molar-refractivity contribution in [3.63, 3.8) is 0 Å². The molecule has 126 valence electrons. The molecule has 0 amide bonds. The lowest BCUT2D eigenvalue weighted by molar-refractivity contribution is -0.0273. The Morgan fingerprint density at radius 3 is 2.83 bits per heavy atom. The topological polar surface area (TPSA) is 49.7 Å². The molecule has 0 saturated heterocycles. The maximum Gasteiger partial charge on any atom is 0.115 e. The first-order valence-corrected chi connectivity index (χ1v) is 9.04. The lowest BCUT2D eigenvalue weighted by atomic mass is 9.54. The van der Waals surface area contributed by atoms with E-state index in [1.54, 1.807) is 7.11 Å².